The molecule has 4 nitrogen and oxygen atoms in total. The van der Waals surface area contributed by atoms with Crippen molar-refractivity contribution in [1.29, 1.82) is 0 Å². The molecule has 0 unspecified atom stereocenters. The van der Waals surface area contributed by atoms with Crippen LogP contribution < -0.4 is 5.32 Å². The molecule has 6 heteroatoms. The molecule has 0 aromatic heterocycles. The van der Waals surface area contributed by atoms with Crippen LogP contribution in [0.25, 0.3) is 0 Å². The molecule has 2 N–H and O–H groups in total. The van der Waals surface area contributed by atoms with E-state index in [-0.39, 0.29) is 5.91 Å². The summed E-state index contributed by atoms with van der Waals surface area (Å²) >= 11 is 3.25. The molecule has 0 heterocycles. The quantitative estimate of drug-likeness (QED) is 0.647. The maximum Gasteiger partial charge on any atom is 0.326 e. The van der Waals surface area contributed by atoms with Crippen molar-refractivity contribution >= 4 is 35.4 Å². The molecule has 0 aliphatic heterocycles. The van der Waals surface area contributed by atoms with Gasteiger partial charge in [-0.3, -0.25) is 4.79 Å². The van der Waals surface area contributed by atoms with Gasteiger partial charge in [-0.15, -0.1) is 0 Å². The van der Waals surface area contributed by atoms with E-state index in [1.54, 1.807) is 23.5 Å². The predicted molar refractivity (Wildman–Crippen MR) is 89.8 cm³/mol. The Hall–Kier alpha value is -1.14. The zero-order valence-electron chi connectivity index (χ0n) is 12.1. The minimum atomic E-state index is -0.964. The first-order valence-corrected chi connectivity index (χ1v) is 9.31. The van der Waals surface area contributed by atoms with Crippen molar-refractivity contribution in [3.8, 4) is 0 Å². The van der Waals surface area contributed by atoms with Gasteiger partial charge in [-0.25, -0.2) is 4.79 Å². The number of rotatable bonds is 10. The molecular weight excluding hydrogens is 306 g/mol. The number of hydrogen-bond acceptors (Lipinski definition) is 4. The van der Waals surface area contributed by atoms with Crippen molar-refractivity contribution < 1.29 is 14.7 Å². The predicted octanol–water partition coefficient (Wildman–Crippen LogP) is 2.63. The van der Waals surface area contributed by atoms with E-state index < -0.39 is 12.0 Å². The van der Waals surface area contributed by atoms with Crippen LogP contribution in [0.3, 0.4) is 0 Å². The van der Waals surface area contributed by atoms with E-state index >= 15 is 0 Å². The van der Waals surface area contributed by atoms with Gasteiger partial charge in [0.05, 0.1) is 0 Å². The lowest BCUT2D eigenvalue weighted by atomic mass is 10.2. The zero-order valence-corrected chi connectivity index (χ0v) is 13.7. The number of benzene rings is 1. The first-order valence-electron chi connectivity index (χ1n) is 6.76. The third-order valence-corrected chi connectivity index (χ3v) is 4.50. The molecule has 0 aliphatic rings. The second-order valence-corrected chi connectivity index (χ2v) is 6.62. The summed E-state index contributed by atoms with van der Waals surface area (Å²) in [5, 5.41) is 11.6. The van der Waals surface area contributed by atoms with Gasteiger partial charge in [0, 0.05) is 17.9 Å². The maximum atomic E-state index is 11.7. The van der Waals surface area contributed by atoms with Gasteiger partial charge in [-0.1, -0.05) is 30.3 Å². The van der Waals surface area contributed by atoms with Crippen LogP contribution in [0, 0.1) is 0 Å². The highest BCUT2D eigenvalue weighted by atomic mass is 32.2. The summed E-state index contributed by atoms with van der Waals surface area (Å²) in [6.45, 7) is 0. The van der Waals surface area contributed by atoms with Crippen molar-refractivity contribution in [2.24, 2.45) is 0 Å². The van der Waals surface area contributed by atoms with Crippen LogP contribution in [0.5, 0.6) is 0 Å². The molecule has 1 aromatic carbocycles. The first-order chi connectivity index (χ1) is 10.1. The van der Waals surface area contributed by atoms with E-state index in [4.69, 9.17) is 5.11 Å². The standard InChI is InChI=1S/C15H21NO3S2/c1-20-9-7-13(15(18)19)16-14(17)8-10-21-11-12-5-3-2-4-6-12/h2-6,13H,7-11H2,1H3,(H,16,17)(H,18,19)/t13-/m0/s1. The molecule has 1 aromatic rings. The number of carbonyl (C=O) groups is 2. The largest absolute Gasteiger partial charge is 0.480 e. The second-order valence-electron chi connectivity index (χ2n) is 4.53. The monoisotopic (exact) mass is 327 g/mol. The number of thioether (sulfide) groups is 2. The zero-order chi connectivity index (χ0) is 15.5. The molecule has 0 radical (unpaired) electrons. The maximum absolute atomic E-state index is 11.7. The van der Waals surface area contributed by atoms with E-state index in [0.29, 0.717) is 18.6 Å². The molecule has 21 heavy (non-hydrogen) atoms. The van der Waals surface area contributed by atoms with Crippen molar-refractivity contribution in [3.63, 3.8) is 0 Å². The van der Waals surface area contributed by atoms with Gasteiger partial charge in [0.25, 0.3) is 0 Å². The lowest BCUT2D eigenvalue weighted by Gasteiger charge is -2.13. The number of hydrogen-bond donors (Lipinski definition) is 2. The van der Waals surface area contributed by atoms with E-state index in [0.717, 1.165) is 11.5 Å². The Kier molecular flexibility index (Phi) is 9.01. The van der Waals surface area contributed by atoms with E-state index in [9.17, 15) is 9.59 Å². The average molecular weight is 327 g/mol. The van der Waals surface area contributed by atoms with Crippen LogP contribution in [0.2, 0.25) is 0 Å². The summed E-state index contributed by atoms with van der Waals surface area (Å²) in [5.41, 5.74) is 1.23. The van der Waals surface area contributed by atoms with Crippen molar-refractivity contribution in [3.05, 3.63) is 35.9 Å². The Morgan fingerprint density at radius 2 is 1.95 bits per heavy atom. The van der Waals surface area contributed by atoms with Crippen molar-refractivity contribution in [1.82, 2.24) is 5.32 Å². The fourth-order valence-electron chi connectivity index (χ4n) is 1.69. The Labute approximate surface area is 134 Å². The number of carbonyl (C=O) groups excluding carboxylic acids is 1. The molecule has 0 saturated carbocycles. The molecular formula is C15H21NO3S2. The van der Waals surface area contributed by atoms with E-state index in [1.807, 2.05) is 24.5 Å². The van der Waals surface area contributed by atoms with Gasteiger partial charge in [0.15, 0.2) is 0 Å². The minimum absolute atomic E-state index is 0.191. The van der Waals surface area contributed by atoms with Gasteiger partial charge in [-0.2, -0.15) is 23.5 Å². The van der Waals surface area contributed by atoms with Crippen LogP contribution in [-0.2, 0) is 15.3 Å². The fraction of sp³-hybridized carbons (Fsp3) is 0.467. The number of carboxylic acids is 1. The number of carboxylic acid groups (broad SMARTS) is 1. The summed E-state index contributed by atoms with van der Waals surface area (Å²) < 4.78 is 0. The van der Waals surface area contributed by atoms with Crippen LogP contribution in [-0.4, -0.2) is 40.8 Å². The highest BCUT2D eigenvalue weighted by Crippen LogP contribution is 2.12. The topological polar surface area (TPSA) is 66.4 Å². The second kappa shape index (κ2) is 10.6. The Bertz CT molecular complexity index is 440. The number of amides is 1. The van der Waals surface area contributed by atoms with Crippen LogP contribution in [0.1, 0.15) is 18.4 Å². The summed E-state index contributed by atoms with van der Waals surface area (Å²) in [6, 6.07) is 9.29. The van der Waals surface area contributed by atoms with Crippen LogP contribution in [0.4, 0.5) is 0 Å². The van der Waals surface area contributed by atoms with Gasteiger partial charge in [0.2, 0.25) is 5.91 Å². The average Bonchev–Trinajstić information content (AvgIpc) is 2.48. The Balaban J connectivity index is 2.21. The molecule has 0 saturated heterocycles. The molecule has 1 atom stereocenters. The number of nitrogens with one attached hydrogen (secondary N) is 1. The summed E-state index contributed by atoms with van der Waals surface area (Å²) in [5.74, 6) is 1.12. The van der Waals surface area contributed by atoms with E-state index in [2.05, 4.69) is 17.4 Å². The highest BCUT2D eigenvalue weighted by molar-refractivity contribution is 7.98. The highest BCUT2D eigenvalue weighted by Gasteiger charge is 2.18. The molecule has 0 aliphatic carbocycles. The molecule has 0 fully saturated rings. The lowest BCUT2D eigenvalue weighted by molar-refractivity contribution is -0.141. The van der Waals surface area contributed by atoms with Crippen molar-refractivity contribution in [2.75, 3.05) is 17.8 Å². The molecule has 0 spiro atoms. The molecule has 116 valence electrons. The van der Waals surface area contributed by atoms with Crippen molar-refractivity contribution in [2.45, 2.75) is 24.6 Å². The SMILES string of the molecule is CSCC[C@H](NC(=O)CCSCc1ccccc1)C(=O)O. The van der Waals surface area contributed by atoms with Crippen LogP contribution >= 0.6 is 23.5 Å². The van der Waals surface area contributed by atoms with Gasteiger partial charge in [0.1, 0.15) is 6.04 Å². The summed E-state index contributed by atoms with van der Waals surface area (Å²) in [6.07, 6.45) is 2.72. The summed E-state index contributed by atoms with van der Waals surface area (Å²) in [7, 11) is 0. The summed E-state index contributed by atoms with van der Waals surface area (Å²) in [4.78, 5) is 22.8. The number of aliphatic carboxylic acids is 1. The smallest absolute Gasteiger partial charge is 0.326 e. The first kappa shape index (κ1) is 17.9. The lowest BCUT2D eigenvalue weighted by Crippen LogP contribution is -2.41. The third-order valence-electron chi connectivity index (χ3n) is 2.83. The van der Waals surface area contributed by atoms with Gasteiger partial charge in [-0.05, 0) is 24.0 Å². The minimum Gasteiger partial charge on any atom is -0.480 e. The Morgan fingerprint density at radius 1 is 1.24 bits per heavy atom. The molecule has 0 bridgehead atoms. The molecule has 1 amide bonds. The normalized spacial score (nSPS) is 11.9. The van der Waals surface area contributed by atoms with Gasteiger partial charge >= 0.3 is 5.97 Å². The molecule has 1 rings (SSSR count). The van der Waals surface area contributed by atoms with Crippen LogP contribution in [0.15, 0.2) is 30.3 Å². The Morgan fingerprint density at radius 3 is 2.57 bits per heavy atom. The third kappa shape index (κ3) is 8.02. The van der Waals surface area contributed by atoms with E-state index in [1.165, 1.54) is 5.56 Å². The fourth-order valence-corrected chi connectivity index (χ4v) is 3.06. The van der Waals surface area contributed by atoms with Gasteiger partial charge < -0.3 is 10.4 Å².